The second kappa shape index (κ2) is 11.2. The lowest BCUT2D eigenvalue weighted by Gasteiger charge is -2.34. The number of nitrogens with zero attached hydrogens (tertiary/aromatic N) is 3. The van der Waals surface area contributed by atoms with Crippen LogP contribution in [0.4, 0.5) is 0 Å². The van der Waals surface area contributed by atoms with Crippen LogP contribution in [-0.2, 0) is 10.0 Å². The molecule has 0 bridgehead atoms. The Hall–Kier alpha value is -3.88. The van der Waals surface area contributed by atoms with E-state index in [4.69, 9.17) is 4.74 Å². The number of carbonyl (C=O) groups is 1. The molecule has 0 unspecified atom stereocenters. The zero-order valence-electron chi connectivity index (χ0n) is 24.6. The highest BCUT2D eigenvalue weighted by Gasteiger charge is 2.33. The highest BCUT2D eigenvalue weighted by Crippen LogP contribution is 2.32. The average Bonchev–Trinajstić information content (AvgIpc) is 3.29. The molecular formula is C33H37N3O4S. The quantitative estimate of drug-likeness (QED) is 0.292. The molecule has 1 aliphatic rings. The van der Waals surface area contributed by atoms with Crippen LogP contribution < -0.4 is 4.74 Å². The molecule has 0 aliphatic carbocycles. The topological polar surface area (TPSA) is 71.8 Å². The SMILES string of the molecule is COc1ccc(-c2cc(C(=O)N3CCN(S(=O)(=O)c4c(C)cc(C)cc4C)CC3)c(C)n2-c2ccc(C)cc2)cc1. The van der Waals surface area contributed by atoms with Crippen molar-refractivity contribution in [3.05, 3.63) is 100 Å². The van der Waals surface area contributed by atoms with Crippen molar-refractivity contribution >= 4 is 15.9 Å². The first-order valence-electron chi connectivity index (χ1n) is 13.8. The number of methoxy groups -OCH3 is 1. The van der Waals surface area contributed by atoms with Gasteiger partial charge in [-0.05, 0) is 93.8 Å². The second-order valence-electron chi connectivity index (χ2n) is 10.9. The summed E-state index contributed by atoms with van der Waals surface area (Å²) in [6.45, 7) is 10.8. The van der Waals surface area contributed by atoms with Gasteiger partial charge in [0.1, 0.15) is 5.75 Å². The van der Waals surface area contributed by atoms with Gasteiger partial charge in [0, 0.05) is 37.6 Å². The molecular weight excluding hydrogens is 534 g/mol. The average molecular weight is 572 g/mol. The largest absolute Gasteiger partial charge is 0.497 e. The third kappa shape index (κ3) is 5.42. The van der Waals surface area contributed by atoms with Crippen LogP contribution in [0.2, 0.25) is 0 Å². The van der Waals surface area contributed by atoms with Crippen molar-refractivity contribution in [2.75, 3.05) is 33.3 Å². The van der Waals surface area contributed by atoms with E-state index in [1.807, 2.05) is 77.1 Å². The highest BCUT2D eigenvalue weighted by molar-refractivity contribution is 7.89. The van der Waals surface area contributed by atoms with E-state index in [0.29, 0.717) is 23.5 Å². The molecule has 1 amide bonds. The van der Waals surface area contributed by atoms with Crippen LogP contribution >= 0.6 is 0 Å². The maximum absolute atomic E-state index is 13.9. The van der Waals surface area contributed by atoms with Gasteiger partial charge in [0.05, 0.1) is 23.3 Å². The van der Waals surface area contributed by atoms with Crippen LogP contribution in [0.3, 0.4) is 0 Å². The van der Waals surface area contributed by atoms with Crippen LogP contribution in [0.1, 0.15) is 38.3 Å². The van der Waals surface area contributed by atoms with E-state index in [0.717, 1.165) is 50.6 Å². The minimum absolute atomic E-state index is 0.0946. The van der Waals surface area contributed by atoms with Gasteiger partial charge in [0.25, 0.3) is 5.91 Å². The van der Waals surface area contributed by atoms with Gasteiger partial charge in [-0.2, -0.15) is 4.31 Å². The minimum atomic E-state index is -3.67. The number of rotatable bonds is 6. The van der Waals surface area contributed by atoms with E-state index in [-0.39, 0.29) is 19.0 Å². The van der Waals surface area contributed by atoms with Gasteiger partial charge >= 0.3 is 0 Å². The molecule has 41 heavy (non-hydrogen) atoms. The molecule has 1 fully saturated rings. The predicted molar refractivity (Wildman–Crippen MR) is 163 cm³/mol. The Morgan fingerprint density at radius 3 is 1.90 bits per heavy atom. The molecule has 2 heterocycles. The third-order valence-electron chi connectivity index (χ3n) is 7.88. The first-order valence-corrected chi connectivity index (χ1v) is 15.3. The third-order valence-corrected chi connectivity index (χ3v) is 10.1. The first kappa shape index (κ1) is 28.6. The van der Waals surface area contributed by atoms with Gasteiger partial charge in [-0.3, -0.25) is 4.79 Å². The van der Waals surface area contributed by atoms with Gasteiger partial charge < -0.3 is 14.2 Å². The van der Waals surface area contributed by atoms with Crippen molar-refractivity contribution in [1.29, 1.82) is 0 Å². The fourth-order valence-electron chi connectivity index (χ4n) is 5.83. The summed E-state index contributed by atoms with van der Waals surface area (Å²) >= 11 is 0. The lowest BCUT2D eigenvalue weighted by Crippen LogP contribution is -2.50. The molecule has 214 valence electrons. The Labute approximate surface area is 243 Å². The summed E-state index contributed by atoms with van der Waals surface area (Å²) in [4.78, 5) is 16.0. The first-order chi connectivity index (χ1) is 19.5. The number of hydrogen-bond donors (Lipinski definition) is 0. The zero-order valence-corrected chi connectivity index (χ0v) is 25.4. The Morgan fingerprint density at radius 1 is 0.756 bits per heavy atom. The van der Waals surface area contributed by atoms with Crippen molar-refractivity contribution in [3.63, 3.8) is 0 Å². The van der Waals surface area contributed by atoms with E-state index in [1.165, 1.54) is 4.31 Å². The molecule has 0 saturated carbocycles. The summed E-state index contributed by atoms with van der Waals surface area (Å²) in [5.41, 5.74) is 7.99. The molecule has 1 saturated heterocycles. The van der Waals surface area contributed by atoms with Crippen molar-refractivity contribution in [2.24, 2.45) is 0 Å². The van der Waals surface area contributed by atoms with Gasteiger partial charge in [0.15, 0.2) is 0 Å². The van der Waals surface area contributed by atoms with Gasteiger partial charge in [-0.25, -0.2) is 8.42 Å². The van der Waals surface area contributed by atoms with Crippen LogP contribution in [0.15, 0.2) is 71.6 Å². The van der Waals surface area contributed by atoms with Crippen molar-refractivity contribution < 1.29 is 17.9 Å². The van der Waals surface area contributed by atoms with Crippen molar-refractivity contribution in [1.82, 2.24) is 13.8 Å². The lowest BCUT2D eigenvalue weighted by atomic mass is 10.1. The number of sulfonamides is 1. The molecule has 7 nitrogen and oxygen atoms in total. The summed E-state index contributed by atoms with van der Waals surface area (Å²) < 4.78 is 36.1. The molecule has 4 aromatic rings. The van der Waals surface area contributed by atoms with E-state index < -0.39 is 10.0 Å². The minimum Gasteiger partial charge on any atom is -0.497 e. The molecule has 0 atom stereocenters. The smallest absolute Gasteiger partial charge is 0.255 e. The number of aromatic nitrogens is 1. The summed E-state index contributed by atoms with van der Waals surface area (Å²) in [6, 6.07) is 21.8. The molecule has 0 spiro atoms. The molecule has 3 aromatic carbocycles. The summed E-state index contributed by atoms with van der Waals surface area (Å²) in [5, 5.41) is 0. The van der Waals surface area contributed by atoms with Crippen LogP contribution in [-0.4, -0.2) is 61.4 Å². The Kier molecular flexibility index (Phi) is 7.81. The van der Waals surface area contributed by atoms with E-state index >= 15 is 0 Å². The maximum atomic E-state index is 13.9. The van der Waals surface area contributed by atoms with Crippen molar-refractivity contribution in [3.8, 4) is 22.7 Å². The maximum Gasteiger partial charge on any atom is 0.255 e. The number of hydrogen-bond acceptors (Lipinski definition) is 4. The lowest BCUT2D eigenvalue weighted by molar-refractivity contribution is 0.0697. The van der Waals surface area contributed by atoms with Crippen molar-refractivity contribution in [2.45, 2.75) is 39.5 Å². The van der Waals surface area contributed by atoms with Gasteiger partial charge in [-0.15, -0.1) is 0 Å². The fourth-order valence-corrected chi connectivity index (χ4v) is 7.66. The normalized spacial score (nSPS) is 14.3. The molecule has 1 aliphatic heterocycles. The van der Waals surface area contributed by atoms with E-state index in [1.54, 1.807) is 12.0 Å². The van der Waals surface area contributed by atoms with Crippen LogP contribution in [0.5, 0.6) is 5.75 Å². The molecule has 8 heteroatoms. The zero-order chi connectivity index (χ0) is 29.5. The van der Waals surface area contributed by atoms with E-state index in [9.17, 15) is 13.2 Å². The Morgan fingerprint density at radius 2 is 1.34 bits per heavy atom. The number of benzene rings is 3. The van der Waals surface area contributed by atoms with Gasteiger partial charge in [-0.1, -0.05) is 35.4 Å². The Balaban J connectivity index is 1.44. The summed E-state index contributed by atoms with van der Waals surface area (Å²) in [6.07, 6.45) is 0. The highest BCUT2D eigenvalue weighted by atomic mass is 32.2. The number of carbonyl (C=O) groups excluding carboxylic acids is 1. The number of ether oxygens (including phenoxy) is 1. The number of amides is 1. The predicted octanol–water partition coefficient (Wildman–Crippen LogP) is 5.84. The van der Waals surface area contributed by atoms with Crippen LogP contribution in [0, 0.1) is 34.6 Å². The Bertz CT molecular complexity index is 1670. The second-order valence-corrected chi connectivity index (χ2v) is 12.7. The summed E-state index contributed by atoms with van der Waals surface area (Å²) in [7, 11) is -2.03. The standard InChI is InChI=1S/C33H37N3O4S/c1-22-7-11-28(12-8-22)36-26(5)30(21-31(36)27-9-13-29(40-6)14-10-27)33(37)34-15-17-35(18-16-34)41(38,39)32-24(3)19-23(2)20-25(32)4/h7-14,19-21H,15-18H2,1-6H3. The number of aryl methyl sites for hydroxylation is 4. The van der Waals surface area contributed by atoms with Gasteiger partial charge in [0.2, 0.25) is 10.0 Å². The van der Waals surface area contributed by atoms with E-state index in [2.05, 4.69) is 28.8 Å². The number of piperazine rings is 1. The monoisotopic (exact) mass is 571 g/mol. The molecule has 0 N–H and O–H groups in total. The fraction of sp³-hybridized carbons (Fsp3) is 0.303. The molecule has 5 rings (SSSR count). The summed E-state index contributed by atoms with van der Waals surface area (Å²) in [5.74, 6) is 0.668. The molecule has 0 radical (unpaired) electrons. The molecule has 1 aromatic heterocycles. The van der Waals surface area contributed by atoms with Crippen LogP contribution in [0.25, 0.3) is 16.9 Å².